The van der Waals surface area contributed by atoms with E-state index in [0.29, 0.717) is 5.02 Å². The van der Waals surface area contributed by atoms with Crippen molar-refractivity contribution in [3.63, 3.8) is 0 Å². The molecule has 1 heterocycles. The summed E-state index contributed by atoms with van der Waals surface area (Å²) in [5.41, 5.74) is 2.61. The molecule has 1 saturated heterocycles. The third-order valence-electron chi connectivity index (χ3n) is 7.14. The van der Waals surface area contributed by atoms with Gasteiger partial charge in [-0.25, -0.2) is 8.42 Å². The maximum absolute atomic E-state index is 14.2. The van der Waals surface area contributed by atoms with Crippen LogP contribution in [-0.2, 0) is 22.7 Å². The van der Waals surface area contributed by atoms with Crippen molar-refractivity contribution in [2.45, 2.75) is 61.8 Å². The number of halogens is 1. The summed E-state index contributed by atoms with van der Waals surface area (Å²) in [5, 5.41) is 3.14. The zero-order valence-electron chi connectivity index (χ0n) is 19.6. The molecular weight excluding hydrogens is 456 g/mol. The molecule has 0 radical (unpaired) electrons. The summed E-state index contributed by atoms with van der Waals surface area (Å²) >= 11 is 6.43. The number of aryl methyl sites for hydroxylation is 1. The van der Waals surface area contributed by atoms with E-state index in [0.717, 1.165) is 63.9 Å². The van der Waals surface area contributed by atoms with Crippen LogP contribution < -0.4 is 10.1 Å². The lowest BCUT2D eigenvalue weighted by Gasteiger charge is -2.44. The van der Waals surface area contributed by atoms with Gasteiger partial charge >= 0.3 is 0 Å². The molecule has 2 atom stereocenters. The number of sulfone groups is 1. The van der Waals surface area contributed by atoms with Crippen LogP contribution in [0.2, 0.25) is 5.02 Å². The Bertz CT molecular complexity index is 1050. The molecule has 0 saturated carbocycles. The zero-order valence-corrected chi connectivity index (χ0v) is 21.2. The van der Waals surface area contributed by atoms with Crippen LogP contribution in [0.4, 0.5) is 0 Å². The van der Waals surface area contributed by atoms with E-state index in [1.807, 2.05) is 6.07 Å². The fourth-order valence-corrected chi connectivity index (χ4v) is 8.27. The zero-order chi connectivity index (χ0) is 23.4. The van der Waals surface area contributed by atoms with Crippen LogP contribution in [0, 0.1) is 5.92 Å². The molecule has 1 aliphatic carbocycles. The number of hydrogen-bond donors (Lipinski definition) is 1. The smallest absolute Gasteiger partial charge is 0.196 e. The second-order valence-electron chi connectivity index (χ2n) is 9.22. The second kappa shape index (κ2) is 10.8. The summed E-state index contributed by atoms with van der Waals surface area (Å²) in [4.78, 5) is 2.57. The van der Waals surface area contributed by atoms with E-state index in [-0.39, 0.29) is 16.9 Å². The minimum Gasteiger partial charge on any atom is -0.497 e. The molecule has 1 N–H and O–H groups in total. The molecule has 4 rings (SSSR count). The number of ether oxygens (including phenoxy) is 1. The van der Waals surface area contributed by atoms with Gasteiger partial charge in [-0.2, -0.15) is 0 Å². The molecule has 0 amide bonds. The van der Waals surface area contributed by atoms with Gasteiger partial charge in [0.05, 0.1) is 17.0 Å². The lowest BCUT2D eigenvalue weighted by molar-refractivity contribution is 0.113. The van der Waals surface area contributed by atoms with Crippen molar-refractivity contribution in [1.82, 2.24) is 10.2 Å². The monoisotopic (exact) mass is 490 g/mol. The van der Waals surface area contributed by atoms with Crippen molar-refractivity contribution in [2.75, 3.05) is 26.7 Å². The minimum absolute atomic E-state index is 0.0799. The van der Waals surface area contributed by atoms with Gasteiger partial charge in [-0.15, -0.1) is 0 Å². The SMILES string of the molecule is CCCN(C1CCc2cc(OC)ccc2C1)C(C1CCNCC1)S(=O)(=O)c1ccccc1Cl. The molecule has 7 heteroatoms. The summed E-state index contributed by atoms with van der Waals surface area (Å²) in [7, 11) is -1.95. The van der Waals surface area contributed by atoms with E-state index in [1.54, 1.807) is 31.4 Å². The van der Waals surface area contributed by atoms with Gasteiger partial charge in [0.2, 0.25) is 0 Å². The highest BCUT2D eigenvalue weighted by atomic mass is 35.5. The van der Waals surface area contributed by atoms with Crippen LogP contribution in [0.1, 0.15) is 43.7 Å². The Morgan fingerprint density at radius 2 is 1.88 bits per heavy atom. The molecule has 0 spiro atoms. The molecule has 0 bridgehead atoms. The van der Waals surface area contributed by atoms with Crippen molar-refractivity contribution in [3.8, 4) is 5.75 Å². The number of fused-ring (bicyclic) bond motifs is 1. The lowest BCUT2D eigenvalue weighted by atomic mass is 9.86. The summed E-state index contributed by atoms with van der Waals surface area (Å²) in [6.45, 7) is 4.60. The van der Waals surface area contributed by atoms with E-state index >= 15 is 0 Å². The molecule has 2 aromatic carbocycles. The van der Waals surface area contributed by atoms with Crippen LogP contribution >= 0.6 is 11.6 Å². The Morgan fingerprint density at radius 3 is 2.58 bits per heavy atom. The van der Waals surface area contributed by atoms with Crippen LogP contribution in [0.5, 0.6) is 5.75 Å². The summed E-state index contributed by atoms with van der Waals surface area (Å²) in [5.74, 6) is 0.961. The molecule has 180 valence electrons. The highest BCUT2D eigenvalue weighted by Gasteiger charge is 2.43. The Balaban J connectivity index is 1.72. The Labute approximate surface area is 203 Å². The Kier molecular flexibility index (Phi) is 8.00. The molecule has 5 nitrogen and oxygen atoms in total. The lowest BCUT2D eigenvalue weighted by Crippen LogP contribution is -2.54. The number of hydrogen-bond acceptors (Lipinski definition) is 5. The summed E-state index contributed by atoms with van der Waals surface area (Å²) < 4.78 is 33.8. The minimum atomic E-state index is -3.64. The summed E-state index contributed by atoms with van der Waals surface area (Å²) in [6, 6.07) is 13.4. The fraction of sp³-hybridized carbons (Fsp3) is 0.538. The predicted octanol–water partition coefficient (Wildman–Crippen LogP) is 4.72. The number of rotatable bonds is 8. The van der Waals surface area contributed by atoms with Gasteiger partial charge in [-0.3, -0.25) is 4.90 Å². The molecule has 2 aromatic rings. The number of nitrogens with one attached hydrogen (secondary N) is 1. The fourth-order valence-electron chi connectivity index (χ4n) is 5.54. The van der Waals surface area contributed by atoms with E-state index in [1.165, 1.54) is 11.1 Å². The van der Waals surface area contributed by atoms with Gasteiger partial charge in [0.25, 0.3) is 0 Å². The number of piperidine rings is 1. The van der Waals surface area contributed by atoms with E-state index in [4.69, 9.17) is 16.3 Å². The van der Waals surface area contributed by atoms with Crippen LogP contribution in [-0.4, -0.2) is 51.5 Å². The first-order chi connectivity index (χ1) is 16.0. The van der Waals surface area contributed by atoms with Gasteiger partial charge < -0.3 is 10.1 Å². The van der Waals surface area contributed by atoms with Crippen LogP contribution in [0.25, 0.3) is 0 Å². The molecular formula is C26H35ClN2O3S. The molecule has 1 fully saturated rings. The predicted molar refractivity (Wildman–Crippen MR) is 134 cm³/mol. The van der Waals surface area contributed by atoms with E-state index in [9.17, 15) is 8.42 Å². The third kappa shape index (κ3) is 5.24. The molecule has 1 aliphatic heterocycles. The standard InChI is InChI=1S/C26H35ClN2O3S/c1-3-16-29(22-10-8-21-18-23(32-2)11-9-20(21)17-22)26(19-12-14-28-15-13-19)33(30,31)25-7-5-4-6-24(25)27/h4-7,9,11,18-19,22,26,28H,3,8,10,12-17H2,1-2H3. The quantitative estimate of drug-likeness (QED) is 0.580. The van der Waals surface area contributed by atoms with Gasteiger partial charge in [-0.1, -0.05) is 36.7 Å². The molecule has 2 unspecified atom stereocenters. The van der Waals surface area contributed by atoms with Crippen molar-refractivity contribution in [3.05, 3.63) is 58.6 Å². The largest absolute Gasteiger partial charge is 0.497 e. The summed E-state index contributed by atoms with van der Waals surface area (Å²) in [6.07, 6.45) is 5.36. The number of nitrogens with zero attached hydrogens (tertiary/aromatic N) is 1. The van der Waals surface area contributed by atoms with Crippen LogP contribution in [0.15, 0.2) is 47.4 Å². The van der Waals surface area contributed by atoms with Gasteiger partial charge in [-0.05, 0) is 99.5 Å². The average Bonchev–Trinajstić information content (AvgIpc) is 2.83. The van der Waals surface area contributed by atoms with Crippen molar-refractivity contribution < 1.29 is 13.2 Å². The molecule has 2 aliphatic rings. The normalized spacial score (nSPS) is 20.4. The number of methoxy groups -OCH3 is 1. The average molecular weight is 491 g/mol. The Morgan fingerprint density at radius 1 is 1.12 bits per heavy atom. The maximum Gasteiger partial charge on any atom is 0.196 e. The van der Waals surface area contributed by atoms with E-state index in [2.05, 4.69) is 29.3 Å². The molecule has 0 aromatic heterocycles. The first kappa shape index (κ1) is 24.5. The highest BCUT2D eigenvalue weighted by molar-refractivity contribution is 7.92. The van der Waals surface area contributed by atoms with Gasteiger partial charge in [0.1, 0.15) is 11.1 Å². The topological polar surface area (TPSA) is 58.6 Å². The highest BCUT2D eigenvalue weighted by Crippen LogP contribution is 2.37. The van der Waals surface area contributed by atoms with Crippen molar-refractivity contribution in [2.24, 2.45) is 5.92 Å². The van der Waals surface area contributed by atoms with Crippen molar-refractivity contribution >= 4 is 21.4 Å². The first-order valence-electron chi connectivity index (χ1n) is 12.1. The van der Waals surface area contributed by atoms with Gasteiger partial charge in [0.15, 0.2) is 9.84 Å². The van der Waals surface area contributed by atoms with Crippen LogP contribution in [0.3, 0.4) is 0 Å². The van der Waals surface area contributed by atoms with Crippen molar-refractivity contribution in [1.29, 1.82) is 0 Å². The maximum atomic E-state index is 14.2. The first-order valence-corrected chi connectivity index (χ1v) is 14.0. The second-order valence-corrected chi connectivity index (χ2v) is 11.6. The molecule has 33 heavy (non-hydrogen) atoms. The Hall–Kier alpha value is -1.60. The third-order valence-corrected chi connectivity index (χ3v) is 9.84. The van der Waals surface area contributed by atoms with Gasteiger partial charge in [0, 0.05) is 6.04 Å². The van der Waals surface area contributed by atoms with E-state index < -0.39 is 15.2 Å². The number of benzene rings is 2.